The highest BCUT2D eigenvalue weighted by atomic mass is 35.5. The predicted octanol–water partition coefficient (Wildman–Crippen LogP) is 5.46. The summed E-state index contributed by atoms with van der Waals surface area (Å²) in [6, 6.07) is 25.5. The molecule has 36 heavy (non-hydrogen) atoms. The number of aliphatic carboxylic acids is 1. The number of carbonyl (C=O) groups is 1. The Morgan fingerprint density at radius 3 is 2.11 bits per heavy atom. The molecule has 0 aliphatic heterocycles. The van der Waals surface area contributed by atoms with Gasteiger partial charge in [0, 0.05) is 18.0 Å². The Hall–Kier alpha value is -3.39. The van der Waals surface area contributed by atoms with Crippen LogP contribution in [0.2, 0.25) is 0 Å². The molecule has 1 N–H and O–H groups in total. The van der Waals surface area contributed by atoms with Gasteiger partial charge in [-0.25, -0.2) is 8.42 Å². The topological polar surface area (TPSA) is 83.9 Å². The van der Waals surface area contributed by atoms with Crippen molar-refractivity contribution in [1.29, 1.82) is 0 Å². The number of carboxylic acids is 1. The van der Waals surface area contributed by atoms with E-state index in [0.29, 0.717) is 21.9 Å². The van der Waals surface area contributed by atoms with E-state index in [-0.39, 0.29) is 19.4 Å². The maximum absolute atomic E-state index is 13.2. The minimum absolute atomic E-state index is 0.00813. The van der Waals surface area contributed by atoms with Gasteiger partial charge < -0.3 is 9.84 Å². The fourth-order valence-corrected chi connectivity index (χ4v) is 5.64. The summed E-state index contributed by atoms with van der Waals surface area (Å²) in [5, 5.41) is 9.51. The average Bonchev–Trinajstić information content (AvgIpc) is 2.84. The number of hydrogen-bond acceptors (Lipinski definition) is 4. The molecule has 8 heteroatoms. The molecule has 0 heterocycles. The summed E-state index contributed by atoms with van der Waals surface area (Å²) in [7, 11) is -3.79. The first-order chi connectivity index (χ1) is 17.2. The summed E-state index contributed by atoms with van der Waals surface area (Å²) in [5.41, 5.74) is 1.63. The first kappa shape index (κ1) is 25.7. The van der Waals surface area contributed by atoms with Gasteiger partial charge in [-0.2, -0.15) is 4.31 Å². The smallest absolute Gasteiger partial charge is 0.307 e. The number of sulfonamides is 1. The maximum Gasteiger partial charge on any atom is 0.307 e. The van der Waals surface area contributed by atoms with Crippen molar-refractivity contribution in [3.05, 3.63) is 119 Å². The number of benzene rings is 3. The molecule has 6 nitrogen and oxygen atoms in total. The van der Waals surface area contributed by atoms with Gasteiger partial charge in [0.1, 0.15) is 5.75 Å². The van der Waals surface area contributed by atoms with Crippen LogP contribution in [0.15, 0.2) is 102 Å². The highest BCUT2D eigenvalue weighted by Gasteiger charge is 2.45. The van der Waals surface area contributed by atoms with Crippen LogP contribution in [0.25, 0.3) is 5.57 Å². The number of para-hydroxylation sites is 1. The fourth-order valence-electron chi connectivity index (χ4n) is 4.17. The molecule has 0 aromatic heterocycles. The third kappa shape index (κ3) is 6.05. The van der Waals surface area contributed by atoms with E-state index >= 15 is 0 Å². The molecule has 0 saturated carbocycles. The molecule has 0 spiro atoms. The summed E-state index contributed by atoms with van der Waals surface area (Å²) in [4.78, 5) is 11.0. The molecule has 1 aliphatic rings. The van der Waals surface area contributed by atoms with Crippen LogP contribution in [-0.2, 0) is 27.8 Å². The third-order valence-corrected chi connectivity index (χ3v) is 7.44. The minimum Gasteiger partial charge on any atom is -0.481 e. The van der Waals surface area contributed by atoms with E-state index in [4.69, 9.17) is 21.4 Å². The van der Waals surface area contributed by atoms with Crippen LogP contribution >= 0.6 is 11.6 Å². The third-order valence-electron chi connectivity index (χ3n) is 5.86. The SMILES string of the molecule is CS(=O)(=O)N(Cc1ccc(CC(=O)O)cc1)C1(Oc2ccccc2)C=CC(c2ccccc2)=C(Cl)C1. The molecule has 0 fully saturated rings. The van der Waals surface area contributed by atoms with E-state index in [2.05, 4.69) is 0 Å². The Morgan fingerprint density at radius 2 is 1.56 bits per heavy atom. The van der Waals surface area contributed by atoms with Crippen molar-refractivity contribution in [2.45, 2.75) is 25.1 Å². The van der Waals surface area contributed by atoms with Gasteiger partial charge in [-0.15, -0.1) is 0 Å². The van der Waals surface area contributed by atoms with Crippen LogP contribution in [-0.4, -0.2) is 35.8 Å². The number of ether oxygens (including phenoxy) is 1. The first-order valence-electron chi connectivity index (χ1n) is 11.3. The van der Waals surface area contributed by atoms with Crippen molar-refractivity contribution in [3.8, 4) is 5.75 Å². The van der Waals surface area contributed by atoms with Gasteiger partial charge in [0.05, 0.1) is 12.7 Å². The zero-order valence-corrected chi connectivity index (χ0v) is 21.2. The van der Waals surface area contributed by atoms with E-state index in [0.717, 1.165) is 17.4 Å². The Bertz CT molecular complexity index is 1390. The lowest BCUT2D eigenvalue weighted by atomic mass is 9.94. The highest BCUT2D eigenvalue weighted by Crippen LogP contribution is 2.41. The Morgan fingerprint density at radius 1 is 0.972 bits per heavy atom. The molecular formula is C28H26ClNO5S. The second-order valence-corrected chi connectivity index (χ2v) is 11.0. The molecule has 0 bridgehead atoms. The van der Waals surface area contributed by atoms with Gasteiger partial charge in [0.25, 0.3) is 0 Å². The summed E-state index contributed by atoms with van der Waals surface area (Å²) in [6.45, 7) is 0.00813. The molecular weight excluding hydrogens is 498 g/mol. The summed E-state index contributed by atoms with van der Waals surface area (Å²) < 4.78 is 34.0. The predicted molar refractivity (Wildman–Crippen MR) is 141 cm³/mol. The molecule has 1 unspecified atom stereocenters. The molecule has 0 saturated heterocycles. The van der Waals surface area contributed by atoms with Gasteiger partial charge in [-0.1, -0.05) is 90.5 Å². The molecule has 0 radical (unpaired) electrons. The zero-order chi connectivity index (χ0) is 25.8. The normalized spacial score (nSPS) is 17.9. The van der Waals surface area contributed by atoms with Gasteiger partial charge >= 0.3 is 5.97 Å². The standard InChI is InChI=1S/C28H26ClNO5S/c1-36(33,34)30(20-22-14-12-21(13-15-22)18-27(31)32)28(35-24-10-6-3-7-11-24)17-16-25(26(29)19-28)23-8-4-2-5-9-23/h2-17H,18-20H2,1H3,(H,31,32). The second kappa shape index (κ2) is 10.7. The second-order valence-electron chi connectivity index (χ2n) is 8.61. The van der Waals surface area contributed by atoms with Crippen molar-refractivity contribution in [2.75, 3.05) is 6.26 Å². The molecule has 3 aromatic rings. The zero-order valence-electron chi connectivity index (χ0n) is 19.7. The molecule has 4 rings (SSSR count). The van der Waals surface area contributed by atoms with Crippen LogP contribution in [0.5, 0.6) is 5.75 Å². The molecule has 3 aromatic carbocycles. The van der Waals surface area contributed by atoms with Crippen molar-refractivity contribution >= 4 is 33.2 Å². The minimum atomic E-state index is -3.79. The van der Waals surface area contributed by atoms with Crippen molar-refractivity contribution in [3.63, 3.8) is 0 Å². The number of allylic oxidation sites excluding steroid dienone is 2. The lowest BCUT2D eigenvalue weighted by molar-refractivity contribution is -0.136. The van der Waals surface area contributed by atoms with Crippen LogP contribution < -0.4 is 4.74 Å². The molecule has 1 atom stereocenters. The number of hydrogen-bond donors (Lipinski definition) is 1. The Balaban J connectivity index is 1.74. The van der Waals surface area contributed by atoms with Crippen molar-refractivity contribution < 1.29 is 23.1 Å². The van der Waals surface area contributed by atoms with Crippen molar-refractivity contribution in [1.82, 2.24) is 4.31 Å². The number of rotatable bonds is 9. The lowest BCUT2D eigenvalue weighted by Crippen LogP contribution is -2.54. The van der Waals surface area contributed by atoms with E-state index < -0.39 is 21.7 Å². The largest absolute Gasteiger partial charge is 0.481 e. The van der Waals surface area contributed by atoms with Gasteiger partial charge in [0.15, 0.2) is 0 Å². The van der Waals surface area contributed by atoms with Crippen molar-refractivity contribution in [2.24, 2.45) is 0 Å². The Labute approximate surface area is 216 Å². The first-order valence-corrected chi connectivity index (χ1v) is 13.5. The molecule has 186 valence electrons. The van der Waals surface area contributed by atoms with E-state index in [1.807, 2.05) is 48.5 Å². The van der Waals surface area contributed by atoms with Gasteiger partial charge in [-0.3, -0.25) is 4.79 Å². The number of halogens is 1. The van der Waals surface area contributed by atoms with Gasteiger partial charge in [-0.05, 0) is 40.5 Å². The van der Waals surface area contributed by atoms with Gasteiger partial charge in [0.2, 0.25) is 15.7 Å². The summed E-state index contributed by atoms with van der Waals surface area (Å²) in [6.07, 6.45) is 4.68. The maximum atomic E-state index is 13.2. The van der Waals surface area contributed by atoms with Crippen LogP contribution in [0, 0.1) is 0 Å². The Kier molecular flexibility index (Phi) is 7.64. The fraction of sp³-hybridized carbons (Fsp3) is 0.179. The molecule has 1 aliphatic carbocycles. The quantitative estimate of drug-likeness (QED) is 0.376. The summed E-state index contributed by atoms with van der Waals surface area (Å²) >= 11 is 6.81. The van der Waals surface area contributed by atoms with Crippen LogP contribution in [0.1, 0.15) is 23.1 Å². The highest BCUT2D eigenvalue weighted by molar-refractivity contribution is 7.88. The van der Waals surface area contributed by atoms with E-state index in [9.17, 15) is 13.2 Å². The van der Waals surface area contributed by atoms with E-state index in [1.165, 1.54) is 4.31 Å². The number of nitrogens with zero attached hydrogens (tertiary/aromatic N) is 1. The summed E-state index contributed by atoms with van der Waals surface area (Å²) in [5.74, 6) is -0.432. The molecule has 0 amide bonds. The van der Waals surface area contributed by atoms with Crippen LogP contribution in [0.3, 0.4) is 0 Å². The van der Waals surface area contributed by atoms with E-state index in [1.54, 1.807) is 48.6 Å². The average molecular weight is 524 g/mol. The lowest BCUT2D eigenvalue weighted by Gasteiger charge is -2.42. The monoisotopic (exact) mass is 523 g/mol. The van der Waals surface area contributed by atoms with Crippen LogP contribution in [0.4, 0.5) is 0 Å². The number of carboxylic acid groups (broad SMARTS) is 1.